The Labute approximate surface area is 202 Å². The summed E-state index contributed by atoms with van der Waals surface area (Å²) in [4.78, 5) is 40.8. The van der Waals surface area contributed by atoms with Crippen molar-refractivity contribution in [3.05, 3.63) is 76.2 Å². The van der Waals surface area contributed by atoms with Crippen molar-refractivity contribution in [2.24, 2.45) is 0 Å². The van der Waals surface area contributed by atoms with Gasteiger partial charge >= 0.3 is 0 Å². The predicted molar refractivity (Wildman–Crippen MR) is 131 cm³/mol. The Kier molecular flexibility index (Phi) is 6.99. The lowest BCUT2D eigenvalue weighted by Gasteiger charge is -2.33. The maximum absolute atomic E-state index is 13.2. The maximum atomic E-state index is 13.2. The molecule has 0 radical (unpaired) electrons. The molecule has 4 rings (SSSR count). The molecule has 0 spiro atoms. The topological polar surface area (TPSA) is 130 Å². The summed E-state index contributed by atoms with van der Waals surface area (Å²) in [5.74, 6) is -1.26. The van der Waals surface area contributed by atoms with Crippen LogP contribution in [0.4, 0.5) is 0 Å². The first-order valence-corrected chi connectivity index (χ1v) is 13.1. The fraction of sp³-hybridized carbons (Fsp3) is 0.333. The van der Waals surface area contributed by atoms with E-state index in [1.54, 1.807) is 67.3 Å². The minimum absolute atomic E-state index is 0.00882. The summed E-state index contributed by atoms with van der Waals surface area (Å²) in [6.45, 7) is 3.98. The number of hydrogen-bond donors (Lipinski definition) is 2. The highest BCUT2D eigenvalue weighted by atomic mass is 32.2. The smallest absolute Gasteiger partial charge is 0.286 e. The Balaban J connectivity index is 1.59. The third-order valence-corrected chi connectivity index (χ3v) is 7.55. The molecule has 0 bridgehead atoms. The molecule has 35 heavy (non-hydrogen) atoms. The number of benzene rings is 2. The molecule has 1 aromatic heterocycles. The lowest BCUT2D eigenvalue weighted by atomic mass is 10.0. The third kappa shape index (κ3) is 5.25. The second kappa shape index (κ2) is 9.96. The SMILES string of the molecule is CC(C)n1nc(C(=O)NNC(=O)C(c2ccccc2)N2CCS(=O)(=O)CC2)c2ccccc2c1=O. The molecule has 0 saturated carbocycles. The van der Waals surface area contributed by atoms with Crippen molar-refractivity contribution >= 4 is 32.4 Å². The molecular weight excluding hydrogens is 470 g/mol. The van der Waals surface area contributed by atoms with E-state index in [-0.39, 0.29) is 41.9 Å². The number of aromatic nitrogens is 2. The van der Waals surface area contributed by atoms with E-state index in [0.717, 1.165) is 0 Å². The molecule has 1 aliphatic rings. The monoisotopic (exact) mass is 497 g/mol. The summed E-state index contributed by atoms with van der Waals surface area (Å²) in [7, 11) is -3.13. The zero-order valence-corrected chi connectivity index (χ0v) is 20.3. The number of rotatable bonds is 5. The van der Waals surface area contributed by atoms with Crippen LogP contribution in [-0.4, -0.2) is 59.5 Å². The summed E-state index contributed by atoms with van der Waals surface area (Å²) >= 11 is 0. The molecule has 1 atom stereocenters. The quantitative estimate of drug-likeness (QED) is 0.507. The average molecular weight is 498 g/mol. The van der Waals surface area contributed by atoms with Gasteiger partial charge in [0.25, 0.3) is 17.4 Å². The van der Waals surface area contributed by atoms with Crippen LogP contribution in [-0.2, 0) is 14.6 Å². The Morgan fingerprint density at radius 2 is 1.51 bits per heavy atom. The highest BCUT2D eigenvalue weighted by molar-refractivity contribution is 7.91. The Hall–Kier alpha value is -3.57. The van der Waals surface area contributed by atoms with Crippen LogP contribution in [0.5, 0.6) is 0 Å². The van der Waals surface area contributed by atoms with Gasteiger partial charge in [0.15, 0.2) is 15.5 Å². The molecule has 1 fully saturated rings. The molecule has 1 unspecified atom stereocenters. The van der Waals surface area contributed by atoms with Gasteiger partial charge in [-0.2, -0.15) is 5.10 Å². The van der Waals surface area contributed by atoms with Crippen molar-refractivity contribution in [2.45, 2.75) is 25.9 Å². The first-order chi connectivity index (χ1) is 16.7. The van der Waals surface area contributed by atoms with E-state index in [4.69, 9.17) is 0 Å². The highest BCUT2D eigenvalue weighted by Gasteiger charge is 2.33. The lowest BCUT2D eigenvalue weighted by Crippen LogP contribution is -2.51. The van der Waals surface area contributed by atoms with Gasteiger partial charge in [0.05, 0.1) is 22.9 Å². The summed E-state index contributed by atoms with van der Waals surface area (Å²) in [6, 6.07) is 14.6. The molecule has 0 aliphatic carbocycles. The molecule has 1 saturated heterocycles. The van der Waals surface area contributed by atoms with Crippen LogP contribution in [0.3, 0.4) is 0 Å². The minimum Gasteiger partial charge on any atom is -0.286 e. The summed E-state index contributed by atoms with van der Waals surface area (Å²) in [6.07, 6.45) is 0. The van der Waals surface area contributed by atoms with Crippen LogP contribution in [0.25, 0.3) is 10.8 Å². The number of nitrogens with one attached hydrogen (secondary N) is 2. The second-order valence-corrected chi connectivity index (χ2v) is 11.0. The molecule has 2 aromatic carbocycles. The van der Waals surface area contributed by atoms with Crippen molar-refractivity contribution in [1.29, 1.82) is 0 Å². The van der Waals surface area contributed by atoms with Gasteiger partial charge in [0.1, 0.15) is 6.04 Å². The molecule has 11 heteroatoms. The maximum Gasteiger partial charge on any atom is 0.290 e. The van der Waals surface area contributed by atoms with Crippen LogP contribution >= 0.6 is 0 Å². The van der Waals surface area contributed by atoms with Crippen molar-refractivity contribution < 1.29 is 18.0 Å². The molecule has 1 aliphatic heterocycles. The van der Waals surface area contributed by atoms with E-state index < -0.39 is 27.7 Å². The van der Waals surface area contributed by atoms with E-state index >= 15 is 0 Å². The number of carbonyl (C=O) groups is 2. The second-order valence-electron chi connectivity index (χ2n) is 8.68. The highest BCUT2D eigenvalue weighted by Crippen LogP contribution is 2.23. The fourth-order valence-electron chi connectivity index (χ4n) is 4.12. The predicted octanol–water partition coefficient (Wildman–Crippen LogP) is 1.21. The van der Waals surface area contributed by atoms with Gasteiger partial charge < -0.3 is 0 Å². The van der Waals surface area contributed by atoms with Gasteiger partial charge in [-0.3, -0.25) is 30.1 Å². The van der Waals surface area contributed by atoms with Crippen LogP contribution in [0, 0.1) is 0 Å². The number of carbonyl (C=O) groups excluding carboxylic acids is 2. The summed E-state index contributed by atoms with van der Waals surface area (Å²) < 4.78 is 25.0. The van der Waals surface area contributed by atoms with E-state index in [1.165, 1.54) is 4.68 Å². The number of hydrogen-bond acceptors (Lipinski definition) is 7. The summed E-state index contributed by atoms with van der Waals surface area (Å²) in [5, 5.41) is 4.98. The molecule has 2 N–H and O–H groups in total. The van der Waals surface area contributed by atoms with E-state index in [0.29, 0.717) is 16.3 Å². The zero-order valence-electron chi connectivity index (χ0n) is 19.5. The average Bonchev–Trinajstić information content (AvgIpc) is 2.84. The molecule has 10 nitrogen and oxygen atoms in total. The Morgan fingerprint density at radius 3 is 2.14 bits per heavy atom. The molecule has 2 amide bonds. The van der Waals surface area contributed by atoms with E-state index in [1.807, 2.05) is 6.07 Å². The third-order valence-electron chi connectivity index (χ3n) is 5.94. The van der Waals surface area contributed by atoms with Gasteiger partial charge in [-0.15, -0.1) is 0 Å². The largest absolute Gasteiger partial charge is 0.290 e. The number of nitrogens with zero attached hydrogens (tertiary/aromatic N) is 3. The number of hydrazine groups is 1. The molecular formula is C24H27N5O5S. The van der Waals surface area contributed by atoms with Crippen LogP contribution in [0.15, 0.2) is 59.4 Å². The zero-order chi connectivity index (χ0) is 25.2. The number of fused-ring (bicyclic) bond motifs is 1. The van der Waals surface area contributed by atoms with E-state index in [9.17, 15) is 22.8 Å². The first-order valence-electron chi connectivity index (χ1n) is 11.3. The Morgan fingerprint density at radius 1 is 0.914 bits per heavy atom. The van der Waals surface area contributed by atoms with Gasteiger partial charge in [-0.25, -0.2) is 13.1 Å². The normalized spacial score (nSPS) is 16.7. The Bertz CT molecular complexity index is 1410. The van der Waals surface area contributed by atoms with Crippen molar-refractivity contribution in [3.8, 4) is 0 Å². The standard InChI is InChI=1S/C24H27N5O5S/c1-16(2)29-24(32)19-11-7-6-10-18(19)20(27-29)22(30)25-26-23(31)21(17-8-4-3-5-9-17)28-12-14-35(33,34)15-13-28/h3-11,16,21H,12-15H2,1-2H3,(H,25,30)(H,26,31). The van der Waals surface area contributed by atoms with Gasteiger partial charge in [-0.1, -0.05) is 48.5 Å². The lowest BCUT2D eigenvalue weighted by molar-refractivity contribution is -0.127. The van der Waals surface area contributed by atoms with Crippen LogP contribution < -0.4 is 16.4 Å². The number of sulfone groups is 1. The van der Waals surface area contributed by atoms with Crippen LogP contribution in [0.2, 0.25) is 0 Å². The molecule has 184 valence electrons. The fourth-order valence-corrected chi connectivity index (χ4v) is 5.35. The van der Waals surface area contributed by atoms with Gasteiger partial charge in [0, 0.05) is 18.5 Å². The minimum atomic E-state index is -3.13. The van der Waals surface area contributed by atoms with Crippen molar-refractivity contribution in [1.82, 2.24) is 25.5 Å². The first kappa shape index (κ1) is 24.6. The van der Waals surface area contributed by atoms with Gasteiger partial charge in [0.2, 0.25) is 0 Å². The van der Waals surface area contributed by atoms with Crippen LogP contribution in [0.1, 0.15) is 42.0 Å². The molecule has 2 heterocycles. The van der Waals surface area contributed by atoms with Gasteiger partial charge in [-0.05, 0) is 25.5 Å². The van der Waals surface area contributed by atoms with Crippen molar-refractivity contribution in [3.63, 3.8) is 0 Å². The van der Waals surface area contributed by atoms with Crippen molar-refractivity contribution in [2.75, 3.05) is 24.6 Å². The van der Waals surface area contributed by atoms with E-state index in [2.05, 4.69) is 16.0 Å². The molecule has 3 aromatic rings. The number of amides is 2. The summed E-state index contributed by atoms with van der Waals surface area (Å²) in [5.41, 5.74) is 5.27.